The minimum Gasteiger partial charge on any atom is -0.378 e. The molecule has 1 aliphatic rings. The van der Waals surface area contributed by atoms with Crippen LogP contribution in [0.1, 0.15) is 12.5 Å². The van der Waals surface area contributed by atoms with Crippen molar-refractivity contribution < 1.29 is 17.9 Å². The largest absolute Gasteiger partial charge is 0.378 e. The van der Waals surface area contributed by atoms with Gasteiger partial charge in [0.25, 0.3) is 10.0 Å². The van der Waals surface area contributed by atoms with Gasteiger partial charge in [-0.3, -0.25) is 9.52 Å². The summed E-state index contributed by atoms with van der Waals surface area (Å²) in [5, 5.41) is 2.62. The van der Waals surface area contributed by atoms with E-state index in [1.54, 1.807) is 12.1 Å². The summed E-state index contributed by atoms with van der Waals surface area (Å²) in [6.45, 7) is 6.14. The fourth-order valence-electron chi connectivity index (χ4n) is 2.86. The molecule has 2 N–H and O–H groups in total. The molecule has 144 valence electrons. The van der Waals surface area contributed by atoms with E-state index in [0.717, 1.165) is 24.3 Å². The second kappa shape index (κ2) is 7.98. The number of morpholine rings is 1. The van der Waals surface area contributed by atoms with Gasteiger partial charge in [-0.25, -0.2) is 8.42 Å². The van der Waals surface area contributed by atoms with Crippen molar-refractivity contribution in [2.45, 2.75) is 18.7 Å². The number of benzene rings is 2. The molecule has 0 atom stereocenters. The van der Waals surface area contributed by atoms with Gasteiger partial charge in [-0.1, -0.05) is 6.07 Å². The van der Waals surface area contributed by atoms with E-state index >= 15 is 0 Å². The van der Waals surface area contributed by atoms with Gasteiger partial charge in [0.05, 0.1) is 23.8 Å². The first-order valence-electron chi connectivity index (χ1n) is 8.69. The van der Waals surface area contributed by atoms with Crippen LogP contribution < -0.4 is 14.9 Å². The maximum absolute atomic E-state index is 12.7. The quantitative estimate of drug-likeness (QED) is 0.821. The molecule has 0 unspecified atom stereocenters. The highest BCUT2D eigenvalue weighted by molar-refractivity contribution is 7.92. The molecule has 0 bridgehead atoms. The molecular weight excluding hydrogens is 366 g/mol. The van der Waals surface area contributed by atoms with Crippen molar-refractivity contribution in [1.29, 1.82) is 0 Å². The standard InChI is InChI=1S/C19H23N3O4S/c1-14-3-6-17(22-9-11-26-12-10-22)13-19(14)21-27(24,25)18-7-4-16(5-8-18)20-15(2)23/h3-8,13,21H,9-12H2,1-2H3,(H,20,23). The van der Waals surface area contributed by atoms with Crippen LogP contribution in [-0.2, 0) is 19.6 Å². The lowest BCUT2D eigenvalue weighted by molar-refractivity contribution is -0.114. The molecule has 8 heteroatoms. The van der Waals surface area contributed by atoms with Gasteiger partial charge < -0.3 is 15.0 Å². The van der Waals surface area contributed by atoms with Gasteiger partial charge in [0.1, 0.15) is 0 Å². The van der Waals surface area contributed by atoms with E-state index in [2.05, 4.69) is 14.9 Å². The number of rotatable bonds is 5. The second-order valence-corrected chi connectivity index (χ2v) is 8.09. The van der Waals surface area contributed by atoms with Crippen molar-refractivity contribution >= 4 is 33.0 Å². The van der Waals surface area contributed by atoms with Gasteiger partial charge in [-0.05, 0) is 48.9 Å². The Morgan fingerprint density at radius 2 is 1.74 bits per heavy atom. The Hall–Kier alpha value is -2.58. The Labute approximate surface area is 159 Å². The van der Waals surface area contributed by atoms with Gasteiger partial charge in [0.15, 0.2) is 0 Å². The number of nitrogens with zero attached hydrogens (tertiary/aromatic N) is 1. The molecule has 0 aromatic heterocycles. The third kappa shape index (κ3) is 4.78. The fourth-order valence-corrected chi connectivity index (χ4v) is 3.98. The third-order valence-electron chi connectivity index (χ3n) is 4.33. The highest BCUT2D eigenvalue weighted by Gasteiger charge is 2.17. The number of carbonyl (C=O) groups excluding carboxylic acids is 1. The zero-order chi connectivity index (χ0) is 19.4. The molecule has 7 nitrogen and oxygen atoms in total. The molecule has 0 saturated carbocycles. The van der Waals surface area contributed by atoms with Crippen LogP contribution in [0.4, 0.5) is 17.1 Å². The third-order valence-corrected chi connectivity index (χ3v) is 5.71. The SMILES string of the molecule is CC(=O)Nc1ccc(S(=O)(=O)Nc2cc(N3CCOCC3)ccc2C)cc1. The van der Waals surface area contributed by atoms with E-state index < -0.39 is 10.0 Å². The van der Waals surface area contributed by atoms with Crippen LogP contribution >= 0.6 is 0 Å². The molecular formula is C19H23N3O4S. The van der Waals surface area contributed by atoms with Crippen molar-refractivity contribution in [3.05, 3.63) is 48.0 Å². The summed E-state index contributed by atoms with van der Waals surface area (Å²) in [6.07, 6.45) is 0. The van der Waals surface area contributed by atoms with Crippen LogP contribution in [0.15, 0.2) is 47.4 Å². The van der Waals surface area contributed by atoms with E-state index in [-0.39, 0.29) is 10.8 Å². The lowest BCUT2D eigenvalue weighted by atomic mass is 10.1. The highest BCUT2D eigenvalue weighted by atomic mass is 32.2. The molecule has 3 rings (SSSR count). The topological polar surface area (TPSA) is 87.7 Å². The zero-order valence-electron chi connectivity index (χ0n) is 15.4. The Morgan fingerprint density at radius 3 is 2.37 bits per heavy atom. The number of aryl methyl sites for hydroxylation is 1. The Bertz CT molecular complexity index is 920. The summed E-state index contributed by atoms with van der Waals surface area (Å²) in [7, 11) is -3.73. The Morgan fingerprint density at radius 1 is 1.07 bits per heavy atom. The van der Waals surface area contributed by atoms with Gasteiger partial charge in [0.2, 0.25) is 5.91 Å². The predicted molar refractivity (Wildman–Crippen MR) is 106 cm³/mol. The minimum atomic E-state index is -3.73. The molecule has 1 amide bonds. The normalized spacial score (nSPS) is 14.7. The van der Waals surface area contributed by atoms with Crippen LogP contribution in [0.2, 0.25) is 0 Å². The Kier molecular flexibility index (Phi) is 5.67. The van der Waals surface area contributed by atoms with Gasteiger partial charge in [-0.15, -0.1) is 0 Å². The number of nitrogens with one attached hydrogen (secondary N) is 2. The van der Waals surface area contributed by atoms with Gasteiger partial charge >= 0.3 is 0 Å². The number of anilines is 3. The smallest absolute Gasteiger partial charge is 0.261 e. The molecule has 0 spiro atoms. The molecule has 1 aliphatic heterocycles. The summed E-state index contributed by atoms with van der Waals surface area (Å²) in [6, 6.07) is 11.8. The number of amides is 1. The van der Waals surface area contributed by atoms with Crippen LogP contribution in [-0.4, -0.2) is 40.6 Å². The van der Waals surface area contributed by atoms with Crippen LogP contribution in [0, 0.1) is 6.92 Å². The number of hydrogen-bond acceptors (Lipinski definition) is 5. The highest BCUT2D eigenvalue weighted by Crippen LogP contribution is 2.26. The number of ether oxygens (including phenoxy) is 1. The lowest BCUT2D eigenvalue weighted by Gasteiger charge is -2.29. The van der Waals surface area contributed by atoms with Crippen molar-refractivity contribution in [1.82, 2.24) is 0 Å². The molecule has 27 heavy (non-hydrogen) atoms. The van der Waals surface area contributed by atoms with Gasteiger partial charge in [-0.2, -0.15) is 0 Å². The first kappa shape index (κ1) is 19.2. The van der Waals surface area contributed by atoms with Crippen molar-refractivity contribution in [3.8, 4) is 0 Å². The van der Waals surface area contributed by atoms with E-state index in [9.17, 15) is 13.2 Å². The number of carbonyl (C=O) groups is 1. The summed E-state index contributed by atoms with van der Waals surface area (Å²) >= 11 is 0. The maximum Gasteiger partial charge on any atom is 0.261 e. The summed E-state index contributed by atoms with van der Waals surface area (Å²) in [5.41, 5.74) is 2.89. The molecule has 1 fully saturated rings. The maximum atomic E-state index is 12.7. The van der Waals surface area contributed by atoms with Crippen LogP contribution in [0.25, 0.3) is 0 Å². The molecule has 0 aliphatic carbocycles. The van der Waals surface area contributed by atoms with Crippen molar-refractivity contribution in [2.24, 2.45) is 0 Å². The summed E-state index contributed by atoms with van der Waals surface area (Å²) in [5.74, 6) is -0.209. The monoisotopic (exact) mass is 389 g/mol. The number of hydrogen-bond donors (Lipinski definition) is 2. The van der Waals surface area contributed by atoms with Crippen LogP contribution in [0.3, 0.4) is 0 Å². The van der Waals surface area contributed by atoms with E-state index in [1.165, 1.54) is 19.1 Å². The lowest BCUT2D eigenvalue weighted by Crippen LogP contribution is -2.36. The minimum absolute atomic E-state index is 0.132. The predicted octanol–water partition coefficient (Wildman–Crippen LogP) is 2.59. The second-order valence-electron chi connectivity index (χ2n) is 6.41. The van der Waals surface area contributed by atoms with E-state index in [4.69, 9.17) is 4.74 Å². The first-order chi connectivity index (χ1) is 12.8. The van der Waals surface area contributed by atoms with Crippen LogP contribution in [0.5, 0.6) is 0 Å². The fraction of sp³-hybridized carbons (Fsp3) is 0.316. The zero-order valence-corrected chi connectivity index (χ0v) is 16.2. The molecule has 2 aromatic carbocycles. The van der Waals surface area contributed by atoms with Gasteiger partial charge in [0, 0.05) is 31.4 Å². The molecule has 1 heterocycles. The van der Waals surface area contributed by atoms with E-state index in [0.29, 0.717) is 24.6 Å². The average Bonchev–Trinajstić information content (AvgIpc) is 2.64. The number of sulfonamides is 1. The molecule has 2 aromatic rings. The van der Waals surface area contributed by atoms with E-state index in [1.807, 2.05) is 25.1 Å². The van der Waals surface area contributed by atoms with Crippen molar-refractivity contribution in [3.63, 3.8) is 0 Å². The summed E-state index contributed by atoms with van der Waals surface area (Å²) in [4.78, 5) is 13.4. The Balaban J connectivity index is 1.81. The first-order valence-corrected chi connectivity index (χ1v) is 10.2. The molecule has 0 radical (unpaired) electrons. The average molecular weight is 389 g/mol. The summed E-state index contributed by atoms with van der Waals surface area (Å²) < 4.78 is 33.5. The van der Waals surface area contributed by atoms with Crippen molar-refractivity contribution in [2.75, 3.05) is 41.2 Å². The molecule has 1 saturated heterocycles.